The maximum atomic E-state index is 13.3. The number of amides is 4. The summed E-state index contributed by atoms with van der Waals surface area (Å²) in [5.41, 5.74) is 2.76. The molecular formula is C27H39N7O4. The van der Waals surface area contributed by atoms with Gasteiger partial charge < -0.3 is 25.0 Å². The van der Waals surface area contributed by atoms with Gasteiger partial charge in [0.25, 0.3) is 11.8 Å². The summed E-state index contributed by atoms with van der Waals surface area (Å²) in [6, 6.07) is 1.63. The second kappa shape index (κ2) is 11.8. The van der Waals surface area contributed by atoms with E-state index in [-0.39, 0.29) is 55.1 Å². The normalized spacial score (nSPS) is 20.1. The zero-order chi connectivity index (χ0) is 27.4. The van der Waals surface area contributed by atoms with E-state index in [1.165, 1.54) is 0 Å². The van der Waals surface area contributed by atoms with Gasteiger partial charge in [0.2, 0.25) is 11.8 Å². The Kier molecular flexibility index (Phi) is 8.53. The van der Waals surface area contributed by atoms with Gasteiger partial charge in [0, 0.05) is 76.4 Å². The van der Waals surface area contributed by atoms with Crippen LogP contribution in [-0.2, 0) is 29.5 Å². The van der Waals surface area contributed by atoms with Gasteiger partial charge in [0.15, 0.2) is 5.69 Å². The number of carbonyl (C=O) groups is 4. The summed E-state index contributed by atoms with van der Waals surface area (Å²) in [7, 11) is 3.62. The van der Waals surface area contributed by atoms with Crippen LogP contribution < -0.4 is 5.32 Å². The summed E-state index contributed by atoms with van der Waals surface area (Å²) < 4.78 is 1.76. The molecule has 3 heterocycles. The third-order valence-corrected chi connectivity index (χ3v) is 7.47. The number of likely N-dealkylation sites (N-methyl/N-ethyl adjacent to an activating group) is 1. The van der Waals surface area contributed by atoms with Gasteiger partial charge in [-0.1, -0.05) is 13.8 Å². The van der Waals surface area contributed by atoms with Gasteiger partial charge in [0.05, 0.1) is 12.1 Å². The van der Waals surface area contributed by atoms with Gasteiger partial charge in [-0.05, 0) is 37.7 Å². The van der Waals surface area contributed by atoms with Crippen molar-refractivity contribution in [2.24, 2.45) is 13.0 Å². The fourth-order valence-electron chi connectivity index (χ4n) is 5.38. The van der Waals surface area contributed by atoms with E-state index in [1.54, 1.807) is 44.9 Å². The highest BCUT2D eigenvalue weighted by molar-refractivity contribution is 5.95. The maximum absolute atomic E-state index is 13.3. The Labute approximate surface area is 223 Å². The third-order valence-electron chi connectivity index (χ3n) is 7.47. The molecule has 206 valence electrons. The van der Waals surface area contributed by atoms with E-state index in [0.29, 0.717) is 50.2 Å². The molecule has 2 aromatic rings. The monoisotopic (exact) mass is 525 g/mol. The lowest BCUT2D eigenvalue weighted by atomic mass is 9.90. The summed E-state index contributed by atoms with van der Waals surface area (Å²) in [6.45, 7) is 5.48. The molecule has 0 spiro atoms. The molecule has 0 fully saturated rings. The Bertz CT molecular complexity index is 1170. The predicted octanol–water partition coefficient (Wildman–Crippen LogP) is 1.21. The lowest BCUT2D eigenvalue weighted by Gasteiger charge is -2.34. The van der Waals surface area contributed by atoms with Crippen molar-refractivity contribution < 1.29 is 19.2 Å². The molecule has 2 aromatic heterocycles. The number of nitrogens with zero attached hydrogens (tertiary/aromatic N) is 5. The van der Waals surface area contributed by atoms with E-state index < -0.39 is 0 Å². The Morgan fingerprint density at radius 2 is 1.92 bits per heavy atom. The predicted molar refractivity (Wildman–Crippen MR) is 141 cm³/mol. The molecule has 0 aromatic carbocycles. The van der Waals surface area contributed by atoms with Gasteiger partial charge in [-0.25, -0.2) is 0 Å². The molecule has 4 rings (SSSR count). The van der Waals surface area contributed by atoms with Crippen molar-refractivity contribution in [3.05, 3.63) is 41.0 Å². The molecular weight excluding hydrogens is 486 g/mol. The molecule has 38 heavy (non-hydrogen) atoms. The lowest BCUT2D eigenvalue weighted by Crippen LogP contribution is -2.47. The van der Waals surface area contributed by atoms with E-state index in [0.717, 1.165) is 17.7 Å². The van der Waals surface area contributed by atoms with Crippen molar-refractivity contribution in [3.8, 4) is 0 Å². The van der Waals surface area contributed by atoms with Crippen LogP contribution in [0.2, 0.25) is 0 Å². The SMILES string of the molecule is CC(C)CN1CC(=O)N(C)C2CCc3c(c(nn3C)C(=O)NCCN(C(=O)c3cc[nH]c3)CCCC1=O)C2. The highest BCUT2D eigenvalue weighted by Gasteiger charge is 2.32. The van der Waals surface area contributed by atoms with E-state index in [2.05, 4.69) is 15.4 Å². The molecule has 4 amide bonds. The van der Waals surface area contributed by atoms with Crippen molar-refractivity contribution in [2.45, 2.75) is 52.0 Å². The smallest absolute Gasteiger partial charge is 0.272 e. The standard InChI is InChI=1S/C27H39N7O4/c1-18(2)16-34-17-24(36)31(3)20-7-8-22-21(14-20)25(30-32(22)4)26(37)29-11-13-33(12-5-6-23(34)35)27(38)19-9-10-28-15-19/h9-10,15,18,20,28H,5-8,11-14,16-17H2,1-4H3,(H,29,37). The molecule has 1 aliphatic heterocycles. The molecule has 0 saturated heterocycles. The summed E-state index contributed by atoms with van der Waals surface area (Å²) in [5.74, 6) is -0.443. The number of hydrogen-bond donors (Lipinski definition) is 2. The van der Waals surface area contributed by atoms with Crippen LogP contribution in [0.1, 0.15) is 65.2 Å². The second-order valence-corrected chi connectivity index (χ2v) is 10.7. The van der Waals surface area contributed by atoms with Crippen molar-refractivity contribution in [1.82, 2.24) is 34.8 Å². The molecule has 11 heteroatoms. The van der Waals surface area contributed by atoms with E-state index in [4.69, 9.17) is 0 Å². The number of aryl methyl sites for hydroxylation is 1. The number of aromatic nitrogens is 3. The van der Waals surface area contributed by atoms with E-state index in [1.807, 2.05) is 20.9 Å². The molecule has 1 aliphatic carbocycles. The van der Waals surface area contributed by atoms with Crippen LogP contribution in [0.4, 0.5) is 0 Å². The largest absolute Gasteiger partial charge is 0.367 e. The minimum atomic E-state index is -0.284. The Morgan fingerprint density at radius 3 is 2.63 bits per heavy atom. The van der Waals surface area contributed by atoms with E-state index in [9.17, 15) is 19.2 Å². The zero-order valence-electron chi connectivity index (χ0n) is 22.8. The molecule has 11 nitrogen and oxygen atoms in total. The minimum Gasteiger partial charge on any atom is -0.367 e. The van der Waals surface area contributed by atoms with Gasteiger partial charge in [0.1, 0.15) is 0 Å². The Hall–Kier alpha value is -3.63. The number of nitrogens with one attached hydrogen (secondary N) is 2. The number of hydrogen-bond acceptors (Lipinski definition) is 5. The van der Waals surface area contributed by atoms with Gasteiger partial charge in [-0.2, -0.15) is 5.10 Å². The van der Waals surface area contributed by atoms with Crippen LogP contribution in [0.5, 0.6) is 0 Å². The summed E-state index contributed by atoms with van der Waals surface area (Å²) in [6.07, 6.45) is 6.02. The first kappa shape index (κ1) is 27.4. The lowest BCUT2D eigenvalue weighted by molar-refractivity contribution is -0.141. The fraction of sp³-hybridized carbons (Fsp3) is 0.593. The van der Waals surface area contributed by atoms with Crippen LogP contribution in [0.15, 0.2) is 18.5 Å². The summed E-state index contributed by atoms with van der Waals surface area (Å²) in [4.78, 5) is 60.7. The summed E-state index contributed by atoms with van der Waals surface area (Å²) in [5, 5.41) is 7.43. The Balaban J connectivity index is 1.61. The number of fused-ring (bicyclic) bond motifs is 1. The van der Waals surface area contributed by atoms with Crippen LogP contribution in [0.25, 0.3) is 0 Å². The van der Waals surface area contributed by atoms with Crippen molar-refractivity contribution in [2.75, 3.05) is 39.8 Å². The van der Waals surface area contributed by atoms with Gasteiger partial charge in [-0.15, -0.1) is 0 Å². The average molecular weight is 526 g/mol. The molecule has 0 saturated carbocycles. The number of rotatable bonds is 3. The first-order valence-corrected chi connectivity index (χ1v) is 13.4. The van der Waals surface area contributed by atoms with Crippen LogP contribution in [0, 0.1) is 5.92 Å². The fourth-order valence-corrected chi connectivity index (χ4v) is 5.38. The number of aromatic amines is 1. The molecule has 2 aliphatic rings. The number of carbonyl (C=O) groups excluding carboxylic acids is 4. The van der Waals surface area contributed by atoms with Crippen LogP contribution >= 0.6 is 0 Å². The second-order valence-electron chi connectivity index (χ2n) is 10.7. The maximum Gasteiger partial charge on any atom is 0.272 e. The topological polar surface area (TPSA) is 124 Å². The first-order valence-electron chi connectivity index (χ1n) is 13.4. The highest BCUT2D eigenvalue weighted by atomic mass is 16.2. The third kappa shape index (κ3) is 6.08. The van der Waals surface area contributed by atoms with Crippen molar-refractivity contribution >= 4 is 23.6 Å². The molecule has 2 N–H and O–H groups in total. The molecule has 0 radical (unpaired) electrons. The zero-order valence-corrected chi connectivity index (χ0v) is 22.8. The highest BCUT2D eigenvalue weighted by Crippen LogP contribution is 2.27. The minimum absolute atomic E-state index is 0.0171. The molecule has 1 atom stereocenters. The molecule has 2 bridgehead atoms. The number of H-pyrrole nitrogens is 1. The van der Waals surface area contributed by atoms with Crippen LogP contribution in [-0.4, -0.2) is 98.9 Å². The molecule has 1 unspecified atom stereocenters. The Morgan fingerprint density at radius 1 is 1.13 bits per heavy atom. The van der Waals surface area contributed by atoms with Crippen LogP contribution in [0.3, 0.4) is 0 Å². The van der Waals surface area contributed by atoms with Gasteiger partial charge in [-0.3, -0.25) is 23.9 Å². The summed E-state index contributed by atoms with van der Waals surface area (Å²) >= 11 is 0. The quantitative estimate of drug-likeness (QED) is 0.624. The van der Waals surface area contributed by atoms with Crippen molar-refractivity contribution in [3.63, 3.8) is 0 Å². The van der Waals surface area contributed by atoms with E-state index >= 15 is 0 Å². The van der Waals surface area contributed by atoms with Gasteiger partial charge >= 0.3 is 0 Å². The van der Waals surface area contributed by atoms with Crippen molar-refractivity contribution in [1.29, 1.82) is 0 Å². The average Bonchev–Trinajstić information content (AvgIpc) is 3.54. The first-order chi connectivity index (χ1) is 18.2.